The minimum atomic E-state index is -2.81. The van der Waals surface area contributed by atoms with E-state index < -0.39 is 18.1 Å². The van der Waals surface area contributed by atoms with E-state index in [2.05, 4.69) is 20.1 Å². The van der Waals surface area contributed by atoms with Crippen LogP contribution in [0.15, 0.2) is 6.20 Å². The summed E-state index contributed by atoms with van der Waals surface area (Å²) in [4.78, 5) is 13.7. The van der Waals surface area contributed by atoms with Gasteiger partial charge in [-0.2, -0.15) is 9.67 Å². The monoisotopic (exact) mass is 312 g/mol. The molecule has 0 aromatic carbocycles. The minimum absolute atomic E-state index is 0.150. The van der Waals surface area contributed by atoms with Gasteiger partial charge in [-0.25, -0.2) is 23.1 Å². The maximum Gasteiger partial charge on any atom is 0.299 e. The van der Waals surface area contributed by atoms with E-state index in [-0.39, 0.29) is 11.6 Å². The molecule has 0 amide bonds. The highest BCUT2D eigenvalue weighted by Gasteiger charge is 2.21. The van der Waals surface area contributed by atoms with Crippen molar-refractivity contribution in [1.82, 2.24) is 24.7 Å². The quantitative estimate of drug-likeness (QED) is 0.871. The maximum atomic E-state index is 14.0. The number of hydrogen-bond acceptors (Lipinski definition) is 5. The molecule has 9 heteroatoms. The Labute approximate surface area is 125 Å². The lowest BCUT2D eigenvalue weighted by atomic mass is 10.1. The van der Waals surface area contributed by atoms with E-state index in [0.29, 0.717) is 5.95 Å². The van der Waals surface area contributed by atoms with E-state index in [9.17, 15) is 13.2 Å². The minimum Gasteiger partial charge on any atom is -0.341 e. The number of alkyl halides is 2. The van der Waals surface area contributed by atoms with Crippen LogP contribution < -0.4 is 4.90 Å². The molecule has 2 aromatic rings. The number of rotatable bonds is 3. The number of aryl methyl sites for hydroxylation is 1. The Kier molecular flexibility index (Phi) is 3.95. The lowest BCUT2D eigenvalue weighted by Crippen LogP contribution is -2.31. The largest absolute Gasteiger partial charge is 0.341 e. The average molecular weight is 312 g/mol. The standard InChI is InChI=1S/C13H15F3N6/c1-8-18-11(10(15)16)20-22(8)12-9(14)7-17-13(19-12)21-5-3-2-4-6-21/h7,10H,2-6H2,1H3. The van der Waals surface area contributed by atoms with Gasteiger partial charge in [0, 0.05) is 13.1 Å². The van der Waals surface area contributed by atoms with Crippen LogP contribution in [0.4, 0.5) is 19.1 Å². The molecule has 2 aromatic heterocycles. The Morgan fingerprint density at radius 1 is 1.14 bits per heavy atom. The summed E-state index contributed by atoms with van der Waals surface area (Å²) in [5.41, 5.74) is 0. The lowest BCUT2D eigenvalue weighted by Gasteiger charge is -2.26. The third-order valence-corrected chi connectivity index (χ3v) is 3.53. The zero-order valence-electron chi connectivity index (χ0n) is 12.0. The van der Waals surface area contributed by atoms with Crippen molar-refractivity contribution in [1.29, 1.82) is 0 Å². The van der Waals surface area contributed by atoms with Crippen LogP contribution in [-0.2, 0) is 0 Å². The van der Waals surface area contributed by atoms with Crippen LogP contribution in [0, 0.1) is 12.7 Å². The fourth-order valence-electron chi connectivity index (χ4n) is 2.45. The van der Waals surface area contributed by atoms with Crippen LogP contribution >= 0.6 is 0 Å². The van der Waals surface area contributed by atoms with Crippen molar-refractivity contribution in [2.24, 2.45) is 0 Å². The summed E-state index contributed by atoms with van der Waals surface area (Å²) in [7, 11) is 0. The molecule has 118 valence electrons. The molecular formula is C13H15F3N6. The Morgan fingerprint density at radius 2 is 1.86 bits per heavy atom. The molecule has 0 atom stereocenters. The Balaban J connectivity index is 1.99. The fraction of sp³-hybridized carbons (Fsp3) is 0.538. The van der Waals surface area contributed by atoms with Crippen molar-refractivity contribution >= 4 is 5.95 Å². The van der Waals surface area contributed by atoms with Gasteiger partial charge >= 0.3 is 0 Å². The summed E-state index contributed by atoms with van der Waals surface area (Å²) in [5, 5.41) is 3.63. The van der Waals surface area contributed by atoms with E-state index in [0.717, 1.165) is 43.2 Å². The summed E-state index contributed by atoms with van der Waals surface area (Å²) >= 11 is 0. The van der Waals surface area contributed by atoms with E-state index >= 15 is 0 Å². The van der Waals surface area contributed by atoms with E-state index in [4.69, 9.17) is 0 Å². The highest BCUT2D eigenvalue weighted by atomic mass is 19.3. The molecular weight excluding hydrogens is 297 g/mol. The molecule has 6 nitrogen and oxygen atoms in total. The molecule has 1 saturated heterocycles. The summed E-state index contributed by atoms with van der Waals surface area (Å²) in [5.74, 6) is -1.00. The Morgan fingerprint density at radius 3 is 2.50 bits per heavy atom. The van der Waals surface area contributed by atoms with Gasteiger partial charge in [0.15, 0.2) is 11.6 Å². The van der Waals surface area contributed by atoms with Gasteiger partial charge in [-0.1, -0.05) is 0 Å². The molecule has 3 heterocycles. The number of piperidine rings is 1. The molecule has 1 aliphatic heterocycles. The number of hydrogen-bond donors (Lipinski definition) is 0. The van der Waals surface area contributed by atoms with Gasteiger partial charge in [-0.15, -0.1) is 5.10 Å². The van der Waals surface area contributed by atoms with Crippen molar-refractivity contribution in [3.8, 4) is 5.82 Å². The first-order chi connectivity index (χ1) is 10.6. The second-order valence-corrected chi connectivity index (χ2v) is 5.12. The highest BCUT2D eigenvalue weighted by molar-refractivity contribution is 5.36. The highest BCUT2D eigenvalue weighted by Crippen LogP contribution is 2.21. The van der Waals surface area contributed by atoms with E-state index in [1.807, 2.05) is 4.90 Å². The van der Waals surface area contributed by atoms with Crippen molar-refractivity contribution < 1.29 is 13.2 Å². The number of aromatic nitrogens is 5. The summed E-state index contributed by atoms with van der Waals surface area (Å²) in [6.07, 6.45) is 1.41. The van der Waals surface area contributed by atoms with Crippen LogP contribution in [-0.4, -0.2) is 37.8 Å². The first-order valence-corrected chi connectivity index (χ1v) is 7.06. The van der Waals surface area contributed by atoms with Crippen molar-refractivity contribution in [3.63, 3.8) is 0 Å². The first-order valence-electron chi connectivity index (χ1n) is 7.06. The van der Waals surface area contributed by atoms with Gasteiger partial charge in [-0.05, 0) is 26.2 Å². The predicted molar refractivity (Wildman–Crippen MR) is 72.7 cm³/mol. The Bertz CT molecular complexity index is 666. The first kappa shape index (κ1) is 14.7. The molecule has 0 radical (unpaired) electrons. The van der Waals surface area contributed by atoms with Crippen LogP contribution in [0.3, 0.4) is 0 Å². The number of nitrogens with zero attached hydrogens (tertiary/aromatic N) is 6. The van der Waals surface area contributed by atoms with Crippen LogP contribution in [0.2, 0.25) is 0 Å². The third kappa shape index (κ3) is 2.75. The van der Waals surface area contributed by atoms with Gasteiger partial charge in [-0.3, -0.25) is 0 Å². The predicted octanol–water partition coefficient (Wildman–Crippen LogP) is 2.43. The Hall–Kier alpha value is -2.19. The number of halogens is 3. The molecule has 0 unspecified atom stereocenters. The summed E-state index contributed by atoms with van der Waals surface area (Å²) in [6, 6.07) is 0. The van der Waals surface area contributed by atoms with E-state index in [1.54, 1.807) is 0 Å². The van der Waals surface area contributed by atoms with Gasteiger partial charge < -0.3 is 4.90 Å². The smallest absolute Gasteiger partial charge is 0.299 e. The molecule has 0 N–H and O–H groups in total. The summed E-state index contributed by atoms with van der Waals surface area (Å²) in [6.45, 7) is 3.06. The number of anilines is 1. The van der Waals surface area contributed by atoms with Crippen LogP contribution in [0.5, 0.6) is 0 Å². The SMILES string of the molecule is Cc1nc(C(F)F)nn1-c1nc(N2CCCCC2)ncc1F. The molecule has 1 aliphatic rings. The molecule has 0 spiro atoms. The molecule has 3 rings (SSSR count). The molecule has 0 aliphatic carbocycles. The second-order valence-electron chi connectivity index (χ2n) is 5.12. The third-order valence-electron chi connectivity index (χ3n) is 3.53. The van der Waals surface area contributed by atoms with Gasteiger partial charge in [0.25, 0.3) is 6.43 Å². The van der Waals surface area contributed by atoms with Gasteiger partial charge in [0.1, 0.15) is 5.82 Å². The zero-order valence-corrected chi connectivity index (χ0v) is 12.0. The van der Waals surface area contributed by atoms with Crippen LogP contribution in [0.1, 0.15) is 37.3 Å². The normalized spacial score (nSPS) is 15.6. The molecule has 0 saturated carbocycles. The zero-order chi connectivity index (χ0) is 15.7. The summed E-state index contributed by atoms with van der Waals surface area (Å²) < 4.78 is 40.3. The van der Waals surface area contributed by atoms with Crippen molar-refractivity contribution in [2.45, 2.75) is 32.6 Å². The average Bonchev–Trinajstić information content (AvgIpc) is 2.91. The molecule has 0 bridgehead atoms. The van der Waals surface area contributed by atoms with Crippen molar-refractivity contribution in [2.75, 3.05) is 18.0 Å². The maximum absolute atomic E-state index is 14.0. The molecule has 22 heavy (non-hydrogen) atoms. The van der Waals surface area contributed by atoms with Gasteiger partial charge in [0.05, 0.1) is 6.20 Å². The second kappa shape index (κ2) is 5.90. The van der Waals surface area contributed by atoms with Gasteiger partial charge in [0.2, 0.25) is 11.8 Å². The van der Waals surface area contributed by atoms with E-state index in [1.165, 1.54) is 6.92 Å². The van der Waals surface area contributed by atoms with Crippen LogP contribution in [0.25, 0.3) is 5.82 Å². The lowest BCUT2D eigenvalue weighted by molar-refractivity contribution is 0.140. The molecule has 1 fully saturated rings. The topological polar surface area (TPSA) is 59.7 Å². The fourth-order valence-corrected chi connectivity index (χ4v) is 2.45. The van der Waals surface area contributed by atoms with Crippen molar-refractivity contribution in [3.05, 3.63) is 23.7 Å².